The summed E-state index contributed by atoms with van der Waals surface area (Å²) >= 11 is 0. The van der Waals surface area contributed by atoms with E-state index in [0.717, 1.165) is 19.4 Å². The molecule has 0 rings (SSSR count). The molecular formula is C10H21N3. The molecule has 0 fully saturated rings. The third kappa shape index (κ3) is 11.1. The first-order valence-electron chi connectivity index (χ1n) is 4.86. The lowest BCUT2D eigenvalue weighted by Crippen LogP contribution is -2.02. The average Bonchev–Trinajstić information content (AvgIpc) is 2.01. The molecule has 0 saturated heterocycles. The Morgan fingerprint density at radius 2 is 2.00 bits per heavy atom. The standard InChI is InChI=1S/C10H21N3/c1-5-6-8-11-13-12-9-7-10(2,3)4/h7,9H,5-6,8H2,1-4H3,(H,11,12). The van der Waals surface area contributed by atoms with Gasteiger partial charge in [-0.15, -0.1) is 0 Å². The maximum absolute atomic E-state index is 3.94. The van der Waals surface area contributed by atoms with Gasteiger partial charge < -0.3 is 0 Å². The van der Waals surface area contributed by atoms with E-state index in [-0.39, 0.29) is 5.41 Å². The molecule has 0 aliphatic carbocycles. The van der Waals surface area contributed by atoms with Gasteiger partial charge in [0.1, 0.15) is 0 Å². The Balaban J connectivity index is 3.44. The summed E-state index contributed by atoms with van der Waals surface area (Å²) in [4.78, 5) is 0. The topological polar surface area (TPSA) is 36.8 Å². The molecule has 13 heavy (non-hydrogen) atoms. The summed E-state index contributed by atoms with van der Waals surface area (Å²) in [6.45, 7) is 9.37. The van der Waals surface area contributed by atoms with Crippen molar-refractivity contribution >= 4 is 0 Å². The maximum Gasteiger partial charge on any atom is 0.0620 e. The number of hydrogen-bond acceptors (Lipinski definition) is 2. The molecule has 1 N–H and O–H groups in total. The molecule has 3 nitrogen and oxygen atoms in total. The molecule has 0 aliphatic heterocycles. The van der Waals surface area contributed by atoms with Gasteiger partial charge in [-0.1, -0.05) is 45.4 Å². The van der Waals surface area contributed by atoms with Crippen LogP contribution in [-0.2, 0) is 0 Å². The van der Waals surface area contributed by atoms with Crippen LogP contribution in [0.15, 0.2) is 22.6 Å². The summed E-state index contributed by atoms with van der Waals surface area (Å²) < 4.78 is 0. The largest absolute Gasteiger partial charge is 0.268 e. The van der Waals surface area contributed by atoms with Crippen molar-refractivity contribution in [1.29, 1.82) is 0 Å². The van der Waals surface area contributed by atoms with Gasteiger partial charge in [0.05, 0.1) is 6.54 Å². The van der Waals surface area contributed by atoms with Crippen LogP contribution < -0.4 is 5.43 Å². The molecule has 0 amide bonds. The summed E-state index contributed by atoms with van der Waals surface area (Å²) in [5, 5.41) is 7.74. The Kier molecular flexibility index (Phi) is 6.20. The Labute approximate surface area is 81.3 Å². The highest BCUT2D eigenvalue weighted by molar-refractivity contribution is 4.89. The third-order valence-corrected chi connectivity index (χ3v) is 1.40. The Hall–Kier alpha value is -0.860. The zero-order chi connectivity index (χ0) is 10.2. The smallest absolute Gasteiger partial charge is 0.0620 e. The van der Waals surface area contributed by atoms with Crippen LogP contribution in [0.4, 0.5) is 0 Å². The summed E-state index contributed by atoms with van der Waals surface area (Å²) in [5.74, 6) is 0. The molecule has 0 bridgehead atoms. The molecule has 0 saturated carbocycles. The minimum Gasteiger partial charge on any atom is -0.268 e. The quantitative estimate of drug-likeness (QED) is 0.396. The van der Waals surface area contributed by atoms with Gasteiger partial charge in [0.2, 0.25) is 0 Å². The molecule has 0 aliphatic rings. The third-order valence-electron chi connectivity index (χ3n) is 1.40. The minimum atomic E-state index is 0.200. The van der Waals surface area contributed by atoms with E-state index in [2.05, 4.69) is 49.5 Å². The molecule has 0 radical (unpaired) electrons. The van der Waals surface area contributed by atoms with Gasteiger partial charge in [-0.3, -0.25) is 5.43 Å². The number of hydrogen-bond donors (Lipinski definition) is 1. The van der Waals surface area contributed by atoms with Crippen LogP contribution in [0.1, 0.15) is 40.5 Å². The summed E-state index contributed by atoms with van der Waals surface area (Å²) in [6.07, 6.45) is 6.16. The molecule has 0 heterocycles. The molecule has 0 aromatic carbocycles. The zero-order valence-electron chi connectivity index (χ0n) is 9.17. The average molecular weight is 183 g/mol. The van der Waals surface area contributed by atoms with Crippen molar-refractivity contribution in [2.75, 3.05) is 6.54 Å². The van der Waals surface area contributed by atoms with Gasteiger partial charge in [0.25, 0.3) is 0 Å². The Morgan fingerprint density at radius 1 is 1.31 bits per heavy atom. The maximum atomic E-state index is 3.94. The van der Waals surface area contributed by atoms with Crippen LogP contribution in [-0.4, -0.2) is 6.54 Å². The van der Waals surface area contributed by atoms with Gasteiger partial charge in [0.15, 0.2) is 0 Å². The van der Waals surface area contributed by atoms with Crippen LogP contribution >= 0.6 is 0 Å². The van der Waals surface area contributed by atoms with E-state index in [0.29, 0.717) is 0 Å². The molecule has 0 spiro atoms. The van der Waals surface area contributed by atoms with Gasteiger partial charge >= 0.3 is 0 Å². The van der Waals surface area contributed by atoms with Crippen molar-refractivity contribution in [2.24, 2.45) is 15.8 Å². The Bertz CT molecular complexity index is 165. The fourth-order valence-corrected chi connectivity index (χ4v) is 0.640. The van der Waals surface area contributed by atoms with E-state index in [1.54, 1.807) is 0 Å². The molecule has 76 valence electrons. The lowest BCUT2D eigenvalue weighted by atomic mass is 9.97. The monoisotopic (exact) mass is 183 g/mol. The van der Waals surface area contributed by atoms with E-state index < -0.39 is 0 Å². The molecule has 0 aromatic rings. The van der Waals surface area contributed by atoms with Crippen molar-refractivity contribution in [2.45, 2.75) is 40.5 Å². The highest BCUT2D eigenvalue weighted by Gasteiger charge is 2.02. The van der Waals surface area contributed by atoms with E-state index in [1.165, 1.54) is 0 Å². The van der Waals surface area contributed by atoms with Crippen LogP contribution in [0.25, 0.3) is 0 Å². The molecular weight excluding hydrogens is 162 g/mol. The fourth-order valence-electron chi connectivity index (χ4n) is 0.640. The van der Waals surface area contributed by atoms with Gasteiger partial charge in [0, 0.05) is 6.20 Å². The lowest BCUT2D eigenvalue weighted by Gasteiger charge is -2.09. The molecule has 0 atom stereocenters. The van der Waals surface area contributed by atoms with Crippen molar-refractivity contribution in [3.8, 4) is 0 Å². The van der Waals surface area contributed by atoms with Crippen molar-refractivity contribution in [3.63, 3.8) is 0 Å². The predicted octanol–water partition coefficient (Wildman–Crippen LogP) is 3.30. The van der Waals surface area contributed by atoms with Crippen LogP contribution in [0.3, 0.4) is 0 Å². The first-order valence-corrected chi connectivity index (χ1v) is 4.86. The first kappa shape index (κ1) is 12.1. The second-order valence-electron chi connectivity index (χ2n) is 4.15. The van der Waals surface area contributed by atoms with E-state index >= 15 is 0 Å². The highest BCUT2D eigenvalue weighted by Crippen LogP contribution is 2.13. The number of rotatable bonds is 5. The van der Waals surface area contributed by atoms with E-state index in [4.69, 9.17) is 0 Å². The SMILES string of the molecule is CCCCN=NNC=CC(C)(C)C. The number of nitrogens with one attached hydrogen (secondary N) is 1. The zero-order valence-corrected chi connectivity index (χ0v) is 9.17. The summed E-state index contributed by atoms with van der Waals surface area (Å²) in [7, 11) is 0. The molecule has 0 aromatic heterocycles. The predicted molar refractivity (Wildman–Crippen MR) is 56.4 cm³/mol. The summed E-state index contributed by atoms with van der Waals surface area (Å²) in [5.41, 5.74) is 2.98. The van der Waals surface area contributed by atoms with Crippen LogP contribution in [0.5, 0.6) is 0 Å². The number of allylic oxidation sites excluding steroid dienone is 1. The number of nitrogens with zero attached hydrogens (tertiary/aromatic N) is 2. The van der Waals surface area contributed by atoms with Gasteiger partial charge in [-0.2, -0.15) is 5.11 Å². The van der Waals surface area contributed by atoms with Crippen LogP contribution in [0, 0.1) is 5.41 Å². The van der Waals surface area contributed by atoms with Gasteiger partial charge in [-0.25, -0.2) is 0 Å². The normalized spacial score (nSPS) is 12.9. The van der Waals surface area contributed by atoms with Crippen molar-refractivity contribution in [1.82, 2.24) is 5.43 Å². The lowest BCUT2D eigenvalue weighted by molar-refractivity contribution is 0.539. The second-order valence-corrected chi connectivity index (χ2v) is 4.15. The molecule has 0 unspecified atom stereocenters. The van der Waals surface area contributed by atoms with E-state index in [1.807, 2.05) is 6.20 Å². The Morgan fingerprint density at radius 3 is 2.54 bits per heavy atom. The second kappa shape index (κ2) is 6.63. The summed E-state index contributed by atoms with van der Waals surface area (Å²) in [6, 6.07) is 0. The fraction of sp³-hybridized carbons (Fsp3) is 0.800. The van der Waals surface area contributed by atoms with Crippen LogP contribution in [0.2, 0.25) is 0 Å². The van der Waals surface area contributed by atoms with Crippen molar-refractivity contribution in [3.05, 3.63) is 12.3 Å². The minimum absolute atomic E-state index is 0.200. The first-order chi connectivity index (χ1) is 6.06. The number of unbranched alkanes of at least 4 members (excludes halogenated alkanes) is 1. The van der Waals surface area contributed by atoms with Gasteiger partial charge in [-0.05, 0) is 11.8 Å². The molecule has 3 heteroatoms. The highest BCUT2D eigenvalue weighted by atomic mass is 15.4. The van der Waals surface area contributed by atoms with E-state index in [9.17, 15) is 0 Å². The van der Waals surface area contributed by atoms with Crippen molar-refractivity contribution < 1.29 is 0 Å².